The quantitative estimate of drug-likeness (QED) is 0.463. The van der Waals surface area contributed by atoms with Gasteiger partial charge < -0.3 is 24.1 Å². The molecule has 4 rings (SSSR count). The van der Waals surface area contributed by atoms with Gasteiger partial charge in [-0.15, -0.1) is 11.3 Å². The van der Waals surface area contributed by atoms with Gasteiger partial charge in [-0.25, -0.2) is 4.98 Å². The van der Waals surface area contributed by atoms with Crippen LogP contribution >= 0.6 is 11.3 Å². The SMILES string of the molecule is COc1cc(NC(=O)c2ccc(-c3nc4ccccc4s3)o2)c(C(=O)N(C)C)cc1OC. The van der Waals surface area contributed by atoms with Crippen LogP contribution in [0.1, 0.15) is 20.9 Å². The Balaban J connectivity index is 1.64. The number of rotatable bonds is 6. The Bertz CT molecular complexity index is 1280. The molecule has 164 valence electrons. The molecular formula is C23H21N3O5S. The van der Waals surface area contributed by atoms with E-state index in [2.05, 4.69) is 10.3 Å². The van der Waals surface area contributed by atoms with E-state index in [1.165, 1.54) is 36.5 Å². The molecule has 9 heteroatoms. The van der Waals surface area contributed by atoms with Crippen molar-refractivity contribution in [3.63, 3.8) is 0 Å². The second-order valence-corrected chi connectivity index (χ2v) is 8.09. The van der Waals surface area contributed by atoms with Crippen LogP contribution in [0.3, 0.4) is 0 Å². The Kier molecular flexibility index (Phi) is 5.83. The zero-order chi connectivity index (χ0) is 22.8. The largest absolute Gasteiger partial charge is 0.493 e. The summed E-state index contributed by atoms with van der Waals surface area (Å²) in [5.41, 5.74) is 1.41. The van der Waals surface area contributed by atoms with Gasteiger partial charge in [0.1, 0.15) is 0 Å². The summed E-state index contributed by atoms with van der Waals surface area (Å²) in [4.78, 5) is 31.5. The molecule has 0 bridgehead atoms. The summed E-state index contributed by atoms with van der Waals surface area (Å²) in [6.45, 7) is 0. The topological polar surface area (TPSA) is 93.9 Å². The number of ether oxygens (including phenoxy) is 2. The number of fused-ring (bicyclic) bond motifs is 1. The van der Waals surface area contributed by atoms with Gasteiger partial charge in [0.2, 0.25) is 0 Å². The minimum atomic E-state index is -0.502. The number of benzene rings is 2. The van der Waals surface area contributed by atoms with Crippen molar-refractivity contribution >= 4 is 39.1 Å². The van der Waals surface area contributed by atoms with E-state index in [0.29, 0.717) is 22.3 Å². The highest BCUT2D eigenvalue weighted by Gasteiger charge is 2.22. The average molecular weight is 452 g/mol. The van der Waals surface area contributed by atoms with E-state index in [0.717, 1.165) is 10.2 Å². The molecule has 8 nitrogen and oxygen atoms in total. The Hall–Kier alpha value is -3.85. The maximum atomic E-state index is 12.9. The van der Waals surface area contributed by atoms with Crippen LogP contribution in [0.2, 0.25) is 0 Å². The van der Waals surface area contributed by atoms with Crippen LogP contribution in [0.15, 0.2) is 52.9 Å². The van der Waals surface area contributed by atoms with Crippen LogP contribution in [-0.2, 0) is 0 Å². The Labute approximate surface area is 188 Å². The summed E-state index contributed by atoms with van der Waals surface area (Å²) >= 11 is 1.48. The van der Waals surface area contributed by atoms with Gasteiger partial charge in [-0.05, 0) is 30.3 Å². The molecule has 0 aliphatic rings. The number of amides is 2. The van der Waals surface area contributed by atoms with Gasteiger partial charge in [-0.2, -0.15) is 0 Å². The number of carbonyl (C=O) groups excluding carboxylic acids is 2. The molecule has 32 heavy (non-hydrogen) atoms. The summed E-state index contributed by atoms with van der Waals surface area (Å²) < 4.78 is 17.4. The van der Waals surface area contributed by atoms with Crippen LogP contribution in [0, 0.1) is 0 Å². The first kappa shape index (κ1) is 21.4. The minimum absolute atomic E-state index is 0.0947. The molecule has 0 atom stereocenters. The van der Waals surface area contributed by atoms with Crippen LogP contribution in [-0.4, -0.2) is 50.0 Å². The first-order chi connectivity index (χ1) is 15.4. The number of methoxy groups -OCH3 is 2. The van der Waals surface area contributed by atoms with Crippen molar-refractivity contribution < 1.29 is 23.5 Å². The van der Waals surface area contributed by atoms with Gasteiger partial charge in [-0.3, -0.25) is 9.59 Å². The molecule has 0 spiro atoms. The molecule has 1 N–H and O–H groups in total. The lowest BCUT2D eigenvalue weighted by molar-refractivity contribution is 0.0828. The number of nitrogens with one attached hydrogen (secondary N) is 1. The molecule has 0 saturated carbocycles. The number of hydrogen-bond acceptors (Lipinski definition) is 7. The first-order valence-corrected chi connectivity index (χ1v) is 10.5. The third kappa shape index (κ3) is 4.02. The highest BCUT2D eigenvalue weighted by Crippen LogP contribution is 2.35. The third-order valence-corrected chi connectivity index (χ3v) is 5.79. The van der Waals surface area contributed by atoms with Crippen molar-refractivity contribution in [2.45, 2.75) is 0 Å². The number of furan rings is 1. The average Bonchev–Trinajstić information content (AvgIpc) is 3.45. The normalized spacial score (nSPS) is 10.8. The van der Waals surface area contributed by atoms with E-state index in [1.807, 2.05) is 24.3 Å². The van der Waals surface area contributed by atoms with Gasteiger partial charge in [0.05, 0.1) is 35.7 Å². The molecule has 2 aromatic carbocycles. The smallest absolute Gasteiger partial charge is 0.291 e. The maximum Gasteiger partial charge on any atom is 0.291 e. The summed E-state index contributed by atoms with van der Waals surface area (Å²) in [6.07, 6.45) is 0. The van der Waals surface area contributed by atoms with Crippen molar-refractivity contribution in [1.82, 2.24) is 9.88 Å². The zero-order valence-electron chi connectivity index (χ0n) is 18.0. The summed E-state index contributed by atoms with van der Waals surface area (Å²) in [7, 11) is 6.21. The van der Waals surface area contributed by atoms with Crippen LogP contribution in [0.25, 0.3) is 21.0 Å². The number of nitrogens with zero attached hydrogens (tertiary/aromatic N) is 2. The van der Waals surface area contributed by atoms with Crippen molar-refractivity contribution in [2.24, 2.45) is 0 Å². The second kappa shape index (κ2) is 8.72. The zero-order valence-corrected chi connectivity index (χ0v) is 18.8. The number of carbonyl (C=O) groups is 2. The first-order valence-electron chi connectivity index (χ1n) is 9.66. The molecule has 0 radical (unpaired) electrons. The number of para-hydroxylation sites is 1. The fraction of sp³-hybridized carbons (Fsp3) is 0.174. The van der Waals surface area contributed by atoms with Crippen molar-refractivity contribution in [3.8, 4) is 22.3 Å². The van der Waals surface area contributed by atoms with Gasteiger partial charge in [-0.1, -0.05) is 12.1 Å². The monoisotopic (exact) mass is 451 g/mol. The third-order valence-electron chi connectivity index (χ3n) is 4.74. The molecule has 0 unspecified atom stereocenters. The standard InChI is InChI=1S/C23H21N3O5S/c1-26(2)23(28)13-11-18(29-3)19(30-4)12-15(13)24-21(27)16-9-10-17(31-16)22-25-14-7-5-6-8-20(14)32-22/h5-12H,1-4H3,(H,24,27). The van der Waals surface area contributed by atoms with E-state index in [1.54, 1.807) is 32.3 Å². The highest BCUT2D eigenvalue weighted by atomic mass is 32.1. The molecule has 2 heterocycles. The van der Waals surface area contributed by atoms with E-state index in [4.69, 9.17) is 13.9 Å². The van der Waals surface area contributed by atoms with Gasteiger partial charge in [0.25, 0.3) is 11.8 Å². The molecule has 0 fully saturated rings. The number of aromatic nitrogens is 1. The van der Waals surface area contributed by atoms with Gasteiger partial charge >= 0.3 is 0 Å². The fourth-order valence-electron chi connectivity index (χ4n) is 3.14. The minimum Gasteiger partial charge on any atom is -0.493 e. The Morgan fingerprint density at radius 1 is 1.03 bits per heavy atom. The molecule has 4 aromatic rings. The molecule has 0 aliphatic carbocycles. The predicted molar refractivity (Wildman–Crippen MR) is 123 cm³/mol. The molecular weight excluding hydrogens is 430 g/mol. The lowest BCUT2D eigenvalue weighted by atomic mass is 10.1. The van der Waals surface area contributed by atoms with Gasteiger partial charge in [0.15, 0.2) is 28.0 Å². The van der Waals surface area contributed by atoms with E-state index < -0.39 is 5.91 Å². The fourth-order valence-corrected chi connectivity index (χ4v) is 4.06. The molecule has 2 aromatic heterocycles. The van der Waals surface area contributed by atoms with Crippen LogP contribution in [0.4, 0.5) is 5.69 Å². The van der Waals surface area contributed by atoms with E-state index in [-0.39, 0.29) is 22.9 Å². The van der Waals surface area contributed by atoms with Crippen LogP contribution in [0.5, 0.6) is 11.5 Å². The van der Waals surface area contributed by atoms with Crippen LogP contribution < -0.4 is 14.8 Å². The molecule has 2 amide bonds. The summed E-state index contributed by atoms with van der Waals surface area (Å²) in [5.74, 6) is 0.554. The van der Waals surface area contributed by atoms with Crippen molar-refractivity contribution in [2.75, 3.05) is 33.6 Å². The number of thiazole rings is 1. The molecule has 0 aliphatic heterocycles. The number of anilines is 1. The Morgan fingerprint density at radius 3 is 2.44 bits per heavy atom. The predicted octanol–water partition coefficient (Wildman–Crippen LogP) is 4.53. The maximum absolute atomic E-state index is 12.9. The van der Waals surface area contributed by atoms with E-state index >= 15 is 0 Å². The highest BCUT2D eigenvalue weighted by molar-refractivity contribution is 7.21. The van der Waals surface area contributed by atoms with Crippen molar-refractivity contribution in [1.29, 1.82) is 0 Å². The molecule has 0 saturated heterocycles. The van der Waals surface area contributed by atoms with E-state index in [9.17, 15) is 9.59 Å². The summed E-state index contributed by atoms with van der Waals surface area (Å²) in [5, 5.41) is 3.43. The van der Waals surface area contributed by atoms with Gasteiger partial charge in [0, 0.05) is 20.2 Å². The second-order valence-electron chi connectivity index (χ2n) is 7.06. The lowest BCUT2D eigenvalue weighted by Crippen LogP contribution is -2.24. The summed E-state index contributed by atoms with van der Waals surface area (Å²) in [6, 6.07) is 14.1. The van der Waals surface area contributed by atoms with Crippen molar-refractivity contribution in [3.05, 3.63) is 59.9 Å². The Morgan fingerprint density at radius 2 is 1.75 bits per heavy atom. The number of hydrogen-bond donors (Lipinski definition) is 1. The lowest BCUT2D eigenvalue weighted by Gasteiger charge is -2.17.